The Morgan fingerprint density at radius 1 is 1.24 bits per heavy atom. The summed E-state index contributed by atoms with van der Waals surface area (Å²) in [5, 5.41) is 4.72. The minimum Gasteiger partial charge on any atom is -0.309 e. The smallest absolute Gasteiger partial charge is 0.133 e. The van der Waals surface area contributed by atoms with Crippen LogP contribution >= 0.6 is 22.7 Å². The van der Waals surface area contributed by atoms with Gasteiger partial charge in [0, 0.05) is 15.8 Å². The van der Waals surface area contributed by atoms with Gasteiger partial charge >= 0.3 is 0 Å². The van der Waals surface area contributed by atoms with Gasteiger partial charge in [0.05, 0.1) is 10.6 Å². The van der Waals surface area contributed by atoms with Crippen LogP contribution in [0.2, 0.25) is 0 Å². The van der Waals surface area contributed by atoms with Gasteiger partial charge in [-0.15, -0.1) is 22.7 Å². The fraction of sp³-hybridized carbons (Fsp3) is 0.588. The van der Waals surface area contributed by atoms with Crippen molar-refractivity contribution in [2.24, 2.45) is 0 Å². The molecule has 2 aromatic heterocycles. The molecule has 2 rings (SSSR count). The lowest BCUT2D eigenvalue weighted by Gasteiger charge is -2.15. The molecule has 0 bridgehead atoms. The average molecular weight is 323 g/mol. The van der Waals surface area contributed by atoms with Crippen LogP contribution < -0.4 is 5.32 Å². The molecular weight excluding hydrogens is 296 g/mol. The van der Waals surface area contributed by atoms with Gasteiger partial charge in [-0.25, -0.2) is 4.98 Å². The van der Waals surface area contributed by atoms with Gasteiger partial charge in [0.25, 0.3) is 0 Å². The van der Waals surface area contributed by atoms with E-state index in [4.69, 9.17) is 4.98 Å². The van der Waals surface area contributed by atoms with Gasteiger partial charge in [-0.3, -0.25) is 0 Å². The molecule has 0 amide bonds. The van der Waals surface area contributed by atoms with Gasteiger partial charge in [-0.1, -0.05) is 27.7 Å². The predicted molar refractivity (Wildman–Crippen MR) is 95.6 cm³/mol. The van der Waals surface area contributed by atoms with Crippen LogP contribution in [-0.2, 0) is 5.41 Å². The molecule has 21 heavy (non-hydrogen) atoms. The lowest BCUT2D eigenvalue weighted by atomic mass is 9.95. The van der Waals surface area contributed by atoms with E-state index in [1.807, 2.05) is 22.7 Å². The van der Waals surface area contributed by atoms with Crippen LogP contribution in [0.3, 0.4) is 0 Å². The van der Waals surface area contributed by atoms with Crippen molar-refractivity contribution >= 4 is 22.7 Å². The van der Waals surface area contributed by atoms with Gasteiger partial charge in [0.2, 0.25) is 0 Å². The summed E-state index contributed by atoms with van der Waals surface area (Å²) < 4.78 is 0. The van der Waals surface area contributed by atoms with Crippen molar-refractivity contribution in [1.29, 1.82) is 0 Å². The van der Waals surface area contributed by atoms with E-state index in [0.29, 0.717) is 6.04 Å². The quantitative estimate of drug-likeness (QED) is 0.782. The summed E-state index contributed by atoms with van der Waals surface area (Å²) in [6.07, 6.45) is 1.16. The Morgan fingerprint density at radius 2 is 1.95 bits per heavy atom. The zero-order valence-electron chi connectivity index (χ0n) is 13.9. The number of nitrogens with zero attached hydrogens (tertiary/aromatic N) is 1. The van der Waals surface area contributed by atoms with Crippen molar-refractivity contribution in [1.82, 2.24) is 10.3 Å². The third-order valence-corrected chi connectivity index (χ3v) is 6.50. The molecule has 0 aliphatic heterocycles. The van der Waals surface area contributed by atoms with E-state index in [2.05, 4.69) is 59.0 Å². The molecule has 1 unspecified atom stereocenters. The number of hydrogen-bond acceptors (Lipinski definition) is 4. The summed E-state index contributed by atoms with van der Waals surface area (Å²) in [5.74, 6) is 0. The van der Waals surface area contributed by atoms with Crippen LogP contribution in [0.15, 0.2) is 12.1 Å². The molecular formula is C17H26N2S2. The molecule has 0 aliphatic carbocycles. The summed E-state index contributed by atoms with van der Waals surface area (Å²) in [7, 11) is 0. The normalized spacial score (nSPS) is 13.6. The van der Waals surface area contributed by atoms with Crippen molar-refractivity contribution in [3.8, 4) is 9.88 Å². The molecule has 2 heterocycles. The second kappa shape index (κ2) is 6.59. The first-order valence-electron chi connectivity index (χ1n) is 7.64. The standard InChI is InChI=1S/C17H26N2S2/c1-7-10-18-11(2)15-12(3)19-16(21-15)13-8-9-14(20-13)17(4,5)6/h8-9,11,18H,7,10H2,1-6H3. The average Bonchev–Trinajstić information content (AvgIpc) is 3.01. The van der Waals surface area contributed by atoms with E-state index >= 15 is 0 Å². The molecule has 1 N–H and O–H groups in total. The van der Waals surface area contributed by atoms with E-state index in [9.17, 15) is 0 Å². The number of nitrogens with one attached hydrogen (secondary N) is 1. The van der Waals surface area contributed by atoms with Crippen LogP contribution in [0.4, 0.5) is 0 Å². The van der Waals surface area contributed by atoms with E-state index in [-0.39, 0.29) is 5.41 Å². The Kier molecular flexibility index (Phi) is 5.23. The van der Waals surface area contributed by atoms with Crippen molar-refractivity contribution in [2.45, 2.75) is 59.4 Å². The number of aromatic nitrogens is 1. The number of rotatable bonds is 5. The second-order valence-electron chi connectivity index (χ2n) is 6.56. The number of thiophene rings is 1. The van der Waals surface area contributed by atoms with Crippen molar-refractivity contribution in [3.05, 3.63) is 27.6 Å². The highest BCUT2D eigenvalue weighted by Crippen LogP contribution is 2.38. The topological polar surface area (TPSA) is 24.9 Å². The predicted octanol–water partition coefficient (Wildman–Crippen LogP) is 5.54. The molecule has 0 radical (unpaired) electrons. The Balaban J connectivity index is 2.24. The first-order valence-corrected chi connectivity index (χ1v) is 9.27. The maximum absolute atomic E-state index is 4.79. The van der Waals surface area contributed by atoms with Gasteiger partial charge in [0.15, 0.2) is 0 Å². The largest absolute Gasteiger partial charge is 0.309 e. The molecule has 0 aliphatic rings. The van der Waals surface area contributed by atoms with Gasteiger partial charge in [-0.05, 0) is 44.4 Å². The van der Waals surface area contributed by atoms with Crippen LogP contribution in [0.5, 0.6) is 0 Å². The molecule has 2 nitrogen and oxygen atoms in total. The van der Waals surface area contributed by atoms with Crippen molar-refractivity contribution in [3.63, 3.8) is 0 Å². The lowest BCUT2D eigenvalue weighted by Crippen LogP contribution is -2.18. The summed E-state index contributed by atoms with van der Waals surface area (Å²) in [5.41, 5.74) is 1.38. The lowest BCUT2D eigenvalue weighted by molar-refractivity contribution is 0.575. The molecule has 2 aromatic rings. The first-order chi connectivity index (χ1) is 9.82. The van der Waals surface area contributed by atoms with Crippen LogP contribution in [0.25, 0.3) is 9.88 Å². The second-order valence-corrected chi connectivity index (χ2v) is 8.67. The third-order valence-electron chi connectivity index (χ3n) is 3.48. The molecule has 116 valence electrons. The fourth-order valence-corrected chi connectivity index (χ4v) is 4.44. The van der Waals surface area contributed by atoms with E-state index in [1.165, 1.54) is 14.6 Å². The molecule has 0 aromatic carbocycles. The van der Waals surface area contributed by atoms with Crippen molar-refractivity contribution in [2.75, 3.05) is 6.54 Å². The maximum Gasteiger partial charge on any atom is 0.133 e. The van der Waals surface area contributed by atoms with Gasteiger partial charge in [0.1, 0.15) is 5.01 Å². The van der Waals surface area contributed by atoms with Crippen molar-refractivity contribution < 1.29 is 0 Å². The highest BCUT2D eigenvalue weighted by atomic mass is 32.1. The molecule has 0 spiro atoms. The maximum atomic E-state index is 4.79. The molecule has 4 heteroatoms. The van der Waals surface area contributed by atoms with E-state index in [0.717, 1.165) is 23.7 Å². The summed E-state index contributed by atoms with van der Waals surface area (Å²) in [6.45, 7) is 14.4. The minimum atomic E-state index is 0.216. The zero-order valence-corrected chi connectivity index (χ0v) is 15.5. The number of aryl methyl sites for hydroxylation is 1. The fourth-order valence-electron chi connectivity index (χ4n) is 2.22. The number of thiazole rings is 1. The van der Waals surface area contributed by atoms with E-state index in [1.54, 1.807) is 0 Å². The van der Waals surface area contributed by atoms with Crippen LogP contribution in [0, 0.1) is 6.92 Å². The minimum absolute atomic E-state index is 0.216. The van der Waals surface area contributed by atoms with E-state index < -0.39 is 0 Å². The third kappa shape index (κ3) is 3.93. The van der Waals surface area contributed by atoms with Gasteiger partial charge in [-0.2, -0.15) is 0 Å². The Bertz CT molecular complexity index is 590. The van der Waals surface area contributed by atoms with Gasteiger partial charge < -0.3 is 5.32 Å². The Hall–Kier alpha value is -0.710. The summed E-state index contributed by atoms with van der Waals surface area (Å²) in [4.78, 5) is 8.87. The molecule has 1 atom stereocenters. The first kappa shape index (κ1) is 16.7. The highest BCUT2D eigenvalue weighted by Gasteiger charge is 2.19. The monoisotopic (exact) mass is 322 g/mol. The van der Waals surface area contributed by atoms with Crippen LogP contribution in [-0.4, -0.2) is 11.5 Å². The highest BCUT2D eigenvalue weighted by molar-refractivity contribution is 7.22. The summed E-state index contributed by atoms with van der Waals surface area (Å²) in [6, 6.07) is 4.85. The number of hydrogen-bond donors (Lipinski definition) is 1. The SMILES string of the molecule is CCCNC(C)c1sc(-c2ccc(C(C)(C)C)s2)nc1C. The molecule has 0 saturated heterocycles. The van der Waals surface area contributed by atoms with Crippen LogP contribution in [0.1, 0.15) is 62.5 Å². The Labute approximate surface area is 136 Å². The molecule has 0 fully saturated rings. The molecule has 0 saturated carbocycles. The summed E-state index contributed by atoms with van der Waals surface area (Å²) >= 11 is 3.70. The Morgan fingerprint density at radius 3 is 2.52 bits per heavy atom. The zero-order chi connectivity index (χ0) is 15.6.